The van der Waals surface area contributed by atoms with Gasteiger partial charge in [-0.15, -0.1) is 0 Å². The fourth-order valence-corrected chi connectivity index (χ4v) is 3.72. The molecule has 2 aromatic carbocycles. The van der Waals surface area contributed by atoms with Gasteiger partial charge in [0.25, 0.3) is 0 Å². The number of hydrogen-bond acceptors (Lipinski definition) is 4. The Bertz CT molecular complexity index is 909. The van der Waals surface area contributed by atoms with Crippen LogP contribution < -0.4 is 9.47 Å². The summed E-state index contributed by atoms with van der Waals surface area (Å²) in [5, 5.41) is 8.91. The van der Waals surface area contributed by atoms with Gasteiger partial charge in [-0.2, -0.15) is 0 Å². The first-order chi connectivity index (χ1) is 12.3. The topological polar surface area (TPSA) is 72.8 Å². The molecule has 0 spiro atoms. The van der Waals surface area contributed by atoms with Crippen molar-refractivity contribution < 1.29 is 24.2 Å². The largest absolute Gasteiger partial charge is 0.497 e. The van der Waals surface area contributed by atoms with E-state index < -0.39 is 18.0 Å². The third kappa shape index (κ3) is 3.02. The maximum absolute atomic E-state index is 13.2. The van der Waals surface area contributed by atoms with Crippen LogP contribution in [0, 0.1) is 0 Å². The summed E-state index contributed by atoms with van der Waals surface area (Å²) in [4.78, 5) is 23.9. The van der Waals surface area contributed by atoms with Crippen LogP contribution in [0.2, 0.25) is 10.0 Å². The van der Waals surface area contributed by atoms with E-state index in [1.165, 1.54) is 0 Å². The quantitative estimate of drug-likeness (QED) is 0.823. The van der Waals surface area contributed by atoms with Crippen molar-refractivity contribution in [3.05, 3.63) is 57.1 Å². The number of ether oxygens (including phenoxy) is 2. The maximum Gasteiger partial charge on any atom is 0.341 e. The SMILES string of the molecule is COc1cccc(C2(C)Cc3cc(OCC(=O)O)c(Cl)c(Cl)c3C2=O)c1. The molecule has 1 aliphatic rings. The van der Waals surface area contributed by atoms with Gasteiger partial charge in [0.1, 0.15) is 16.5 Å². The minimum absolute atomic E-state index is 0.0370. The second-order valence-electron chi connectivity index (χ2n) is 6.29. The van der Waals surface area contributed by atoms with Crippen molar-refractivity contribution in [1.82, 2.24) is 0 Å². The Kier molecular flexibility index (Phi) is 4.86. The third-order valence-electron chi connectivity index (χ3n) is 4.59. The number of benzene rings is 2. The highest BCUT2D eigenvalue weighted by atomic mass is 35.5. The molecule has 1 N–H and O–H groups in total. The first-order valence-corrected chi connectivity index (χ1v) is 8.58. The molecule has 0 aromatic heterocycles. The predicted octanol–water partition coefficient (Wildman–Crippen LogP) is 4.16. The van der Waals surface area contributed by atoms with Crippen LogP contribution in [-0.4, -0.2) is 30.6 Å². The molecule has 26 heavy (non-hydrogen) atoms. The van der Waals surface area contributed by atoms with Crippen LogP contribution in [-0.2, 0) is 16.6 Å². The monoisotopic (exact) mass is 394 g/mol. The van der Waals surface area contributed by atoms with Crippen LogP contribution >= 0.6 is 23.2 Å². The van der Waals surface area contributed by atoms with Gasteiger partial charge >= 0.3 is 5.97 Å². The van der Waals surface area contributed by atoms with Gasteiger partial charge in [0, 0.05) is 5.56 Å². The summed E-state index contributed by atoms with van der Waals surface area (Å²) in [5.74, 6) is -0.463. The van der Waals surface area contributed by atoms with Gasteiger partial charge in [0.15, 0.2) is 12.4 Å². The molecule has 1 atom stereocenters. The van der Waals surface area contributed by atoms with E-state index in [-0.39, 0.29) is 21.6 Å². The lowest BCUT2D eigenvalue weighted by Crippen LogP contribution is -2.29. The fraction of sp³-hybridized carbons (Fsp3) is 0.263. The molecular weight excluding hydrogens is 379 g/mol. The summed E-state index contributed by atoms with van der Waals surface area (Å²) in [6.45, 7) is 1.29. The van der Waals surface area contributed by atoms with E-state index in [9.17, 15) is 9.59 Å². The summed E-state index contributed by atoms with van der Waals surface area (Å²) in [5.41, 5.74) is 1.01. The number of rotatable bonds is 5. The van der Waals surface area contributed by atoms with Crippen LogP contribution in [0.4, 0.5) is 0 Å². The van der Waals surface area contributed by atoms with Gasteiger partial charge in [-0.25, -0.2) is 4.79 Å². The minimum Gasteiger partial charge on any atom is -0.497 e. The fourth-order valence-electron chi connectivity index (χ4n) is 3.22. The molecule has 0 heterocycles. The summed E-state index contributed by atoms with van der Waals surface area (Å²) in [6, 6.07) is 8.91. The molecule has 3 rings (SSSR count). The molecule has 1 unspecified atom stereocenters. The first kappa shape index (κ1) is 18.5. The second kappa shape index (κ2) is 6.82. The highest BCUT2D eigenvalue weighted by molar-refractivity contribution is 6.45. The average molecular weight is 395 g/mol. The standard InChI is InChI=1S/C19H16Cl2O5/c1-19(11-4-3-5-12(7-11)25-2)8-10-6-13(26-9-14(22)23)16(20)17(21)15(10)18(19)24/h3-7H,8-9H2,1-2H3,(H,22,23). The lowest BCUT2D eigenvalue weighted by atomic mass is 9.79. The summed E-state index contributed by atoms with van der Waals surface area (Å²) in [6.07, 6.45) is 0.397. The van der Waals surface area contributed by atoms with Crippen LogP contribution in [0.25, 0.3) is 0 Å². The van der Waals surface area contributed by atoms with E-state index in [1.54, 1.807) is 19.2 Å². The van der Waals surface area contributed by atoms with Gasteiger partial charge in [-0.3, -0.25) is 4.79 Å². The van der Waals surface area contributed by atoms with Crippen LogP contribution in [0.3, 0.4) is 0 Å². The van der Waals surface area contributed by atoms with Crippen molar-refractivity contribution in [1.29, 1.82) is 0 Å². The minimum atomic E-state index is -1.13. The Balaban J connectivity index is 2.05. The Morgan fingerprint density at radius 3 is 2.65 bits per heavy atom. The molecular formula is C19H16Cl2O5. The zero-order chi connectivity index (χ0) is 19.1. The Hall–Kier alpha value is -2.24. The number of aliphatic carboxylic acids is 1. The van der Waals surface area contributed by atoms with Gasteiger partial charge in [0.2, 0.25) is 0 Å². The van der Waals surface area contributed by atoms with Crippen molar-refractivity contribution in [2.75, 3.05) is 13.7 Å². The Morgan fingerprint density at radius 2 is 2.00 bits per heavy atom. The maximum atomic E-state index is 13.2. The Morgan fingerprint density at radius 1 is 1.27 bits per heavy atom. The molecule has 7 heteroatoms. The molecule has 0 fully saturated rings. The molecule has 0 saturated carbocycles. The smallest absolute Gasteiger partial charge is 0.341 e. The van der Waals surface area contributed by atoms with Crippen molar-refractivity contribution in [3.63, 3.8) is 0 Å². The highest BCUT2D eigenvalue weighted by Gasteiger charge is 2.45. The third-order valence-corrected chi connectivity index (χ3v) is 5.44. The predicted molar refractivity (Wildman–Crippen MR) is 98.0 cm³/mol. The number of ketones is 1. The number of carboxylic acid groups (broad SMARTS) is 1. The normalized spacial score (nSPS) is 18.5. The van der Waals surface area contributed by atoms with E-state index in [0.29, 0.717) is 23.3 Å². The molecule has 0 radical (unpaired) electrons. The number of carboxylic acids is 1. The zero-order valence-electron chi connectivity index (χ0n) is 14.1. The summed E-state index contributed by atoms with van der Waals surface area (Å²) >= 11 is 12.5. The molecule has 0 aliphatic heterocycles. The second-order valence-corrected chi connectivity index (χ2v) is 7.05. The van der Waals surface area contributed by atoms with E-state index in [1.807, 2.05) is 25.1 Å². The first-order valence-electron chi connectivity index (χ1n) is 7.82. The number of Topliss-reactive ketones (excluding diaryl/α,β-unsaturated/α-hetero) is 1. The lowest BCUT2D eigenvalue weighted by molar-refractivity contribution is -0.139. The molecule has 2 aromatic rings. The Labute approximate surface area is 160 Å². The van der Waals surface area contributed by atoms with E-state index >= 15 is 0 Å². The van der Waals surface area contributed by atoms with Gasteiger partial charge < -0.3 is 14.6 Å². The van der Waals surface area contributed by atoms with Gasteiger partial charge in [-0.05, 0) is 42.7 Å². The molecule has 0 bridgehead atoms. The molecule has 0 saturated heterocycles. The van der Waals surface area contributed by atoms with Crippen molar-refractivity contribution in [3.8, 4) is 11.5 Å². The zero-order valence-corrected chi connectivity index (χ0v) is 15.6. The number of fused-ring (bicyclic) bond motifs is 1. The van der Waals surface area contributed by atoms with Gasteiger partial charge in [0.05, 0.1) is 17.5 Å². The van der Waals surface area contributed by atoms with Crippen molar-refractivity contribution in [2.45, 2.75) is 18.8 Å². The number of carbonyl (C=O) groups excluding carboxylic acids is 1. The number of hydrogen-bond donors (Lipinski definition) is 1. The van der Waals surface area contributed by atoms with Crippen LogP contribution in [0.1, 0.15) is 28.4 Å². The number of methoxy groups -OCH3 is 1. The molecule has 0 amide bonds. The number of halogens is 2. The molecule has 5 nitrogen and oxygen atoms in total. The summed E-state index contributed by atoms with van der Waals surface area (Å²) in [7, 11) is 1.56. The highest BCUT2D eigenvalue weighted by Crippen LogP contribution is 2.47. The average Bonchev–Trinajstić information content (AvgIpc) is 2.88. The number of carbonyl (C=O) groups is 2. The van der Waals surface area contributed by atoms with Crippen LogP contribution in [0.5, 0.6) is 11.5 Å². The van der Waals surface area contributed by atoms with E-state index in [4.69, 9.17) is 37.8 Å². The van der Waals surface area contributed by atoms with E-state index in [0.717, 1.165) is 5.56 Å². The summed E-state index contributed by atoms with van der Waals surface area (Å²) < 4.78 is 10.5. The van der Waals surface area contributed by atoms with Crippen LogP contribution in [0.15, 0.2) is 30.3 Å². The molecule has 1 aliphatic carbocycles. The van der Waals surface area contributed by atoms with Crippen molar-refractivity contribution in [2.24, 2.45) is 0 Å². The van der Waals surface area contributed by atoms with E-state index in [2.05, 4.69) is 0 Å². The molecule has 136 valence electrons. The van der Waals surface area contributed by atoms with Crippen molar-refractivity contribution >= 4 is 35.0 Å². The van der Waals surface area contributed by atoms with Gasteiger partial charge in [-0.1, -0.05) is 35.3 Å². The lowest BCUT2D eigenvalue weighted by Gasteiger charge is -2.23.